The molecule has 1 aliphatic heterocycles. The number of rotatable bonds is 2. The molecule has 1 aliphatic rings. The van der Waals surface area contributed by atoms with E-state index in [0.29, 0.717) is 11.1 Å². The van der Waals surface area contributed by atoms with Crippen molar-refractivity contribution < 1.29 is 18.3 Å². The second-order valence-corrected chi connectivity index (χ2v) is 6.22. The van der Waals surface area contributed by atoms with Crippen LogP contribution < -0.4 is 5.32 Å². The van der Waals surface area contributed by atoms with Gasteiger partial charge in [-0.3, -0.25) is 0 Å². The Hall–Kier alpha value is -3.72. The van der Waals surface area contributed by atoms with Gasteiger partial charge in [-0.1, -0.05) is 42.2 Å². The van der Waals surface area contributed by atoms with Crippen molar-refractivity contribution in [3.63, 3.8) is 0 Å². The number of amides is 1. The van der Waals surface area contributed by atoms with Crippen LogP contribution in [-0.4, -0.2) is 11.1 Å². The number of carbonyl (C=O) groups excluding carboxylic acids is 1. The number of hydrogen-bond acceptors (Lipinski definition) is 3. The van der Waals surface area contributed by atoms with Gasteiger partial charge in [-0.15, -0.1) is 0 Å². The maximum Gasteiger partial charge on any atom is 0.408 e. The van der Waals surface area contributed by atoms with Crippen LogP contribution in [0.5, 0.6) is 0 Å². The fourth-order valence-corrected chi connectivity index (χ4v) is 3.02. The smallest absolute Gasteiger partial charge is 0.408 e. The Morgan fingerprint density at radius 1 is 0.964 bits per heavy atom. The highest BCUT2D eigenvalue weighted by molar-refractivity contribution is 5.71. The zero-order chi connectivity index (χ0) is 19.5. The molecular formula is C22H14F2N2O2. The minimum Gasteiger partial charge on any atom is -0.439 e. The summed E-state index contributed by atoms with van der Waals surface area (Å²) in [5.41, 5.74) is 1.84. The third-order valence-electron chi connectivity index (χ3n) is 4.31. The molecule has 0 saturated carbocycles. The zero-order valence-electron chi connectivity index (χ0n) is 14.5. The van der Waals surface area contributed by atoms with Gasteiger partial charge in [0.1, 0.15) is 11.9 Å². The van der Waals surface area contributed by atoms with Crippen LogP contribution in [0.4, 0.5) is 13.6 Å². The first-order chi connectivity index (χ1) is 13.6. The lowest BCUT2D eigenvalue weighted by atomic mass is 9.96. The fraction of sp³-hybridized carbons (Fsp3) is 0.0909. The number of nitrogens with zero attached hydrogens (tertiary/aromatic N) is 1. The molecule has 0 unspecified atom stereocenters. The number of aromatic nitrogens is 1. The molecule has 4 rings (SSSR count). The monoisotopic (exact) mass is 376 g/mol. The number of halogens is 2. The van der Waals surface area contributed by atoms with Gasteiger partial charge in [0, 0.05) is 22.9 Å². The average Bonchev–Trinajstić information content (AvgIpc) is 3.10. The summed E-state index contributed by atoms with van der Waals surface area (Å²) in [6.07, 6.45) is -0.264. The van der Waals surface area contributed by atoms with Crippen LogP contribution in [-0.2, 0) is 4.74 Å². The first-order valence-corrected chi connectivity index (χ1v) is 8.55. The topological polar surface area (TPSA) is 51.2 Å². The lowest BCUT2D eigenvalue weighted by Gasteiger charge is -2.18. The van der Waals surface area contributed by atoms with Gasteiger partial charge >= 0.3 is 6.09 Å². The van der Waals surface area contributed by atoms with Crippen molar-refractivity contribution in [1.29, 1.82) is 0 Å². The molecule has 2 heterocycles. The van der Waals surface area contributed by atoms with Crippen molar-refractivity contribution in [2.24, 2.45) is 0 Å². The average molecular weight is 376 g/mol. The van der Waals surface area contributed by atoms with Gasteiger partial charge in [-0.2, -0.15) is 4.39 Å². The second-order valence-electron chi connectivity index (χ2n) is 6.22. The number of alkyl carbamates (subject to hydrolysis) is 1. The molecule has 28 heavy (non-hydrogen) atoms. The number of nitrogens with one attached hydrogen (secondary N) is 1. The standard InChI is InChI=1S/C22H14F2N2O2/c23-17-8-4-7-16(12-17)20-19(26-22(27)28-20)18-11-15(13-25-21(18)24)10-9-14-5-2-1-3-6-14/h1-8,11-13,19-20H,(H,26,27)/t19-,20-/m1/s1. The number of ether oxygens (including phenoxy) is 1. The molecule has 1 N–H and O–H groups in total. The normalized spacial score (nSPS) is 18.0. The molecule has 1 fully saturated rings. The summed E-state index contributed by atoms with van der Waals surface area (Å²) < 4.78 is 33.3. The Balaban J connectivity index is 1.69. The Labute approximate surface area is 160 Å². The van der Waals surface area contributed by atoms with Crippen LogP contribution in [0.3, 0.4) is 0 Å². The van der Waals surface area contributed by atoms with E-state index in [1.54, 1.807) is 6.07 Å². The lowest BCUT2D eigenvalue weighted by molar-refractivity contribution is 0.131. The van der Waals surface area contributed by atoms with Gasteiger partial charge in [0.15, 0.2) is 6.10 Å². The quantitative estimate of drug-likeness (QED) is 0.536. The van der Waals surface area contributed by atoms with E-state index in [1.165, 1.54) is 30.5 Å². The minimum absolute atomic E-state index is 0.125. The molecule has 6 heteroatoms. The summed E-state index contributed by atoms with van der Waals surface area (Å²) in [6.45, 7) is 0. The van der Waals surface area contributed by atoms with E-state index in [9.17, 15) is 13.6 Å². The zero-order valence-corrected chi connectivity index (χ0v) is 14.5. The highest BCUT2D eigenvalue weighted by Crippen LogP contribution is 2.37. The molecule has 0 aliphatic carbocycles. The van der Waals surface area contributed by atoms with Crippen LogP contribution in [0.25, 0.3) is 0 Å². The molecule has 2 atom stereocenters. The van der Waals surface area contributed by atoms with Crippen molar-refractivity contribution in [1.82, 2.24) is 10.3 Å². The van der Waals surface area contributed by atoms with Gasteiger partial charge in [-0.25, -0.2) is 14.2 Å². The number of cyclic esters (lactones) is 1. The molecule has 138 valence electrons. The third kappa shape index (κ3) is 3.69. The molecule has 2 aromatic carbocycles. The van der Waals surface area contributed by atoms with Gasteiger partial charge in [0.2, 0.25) is 5.95 Å². The lowest BCUT2D eigenvalue weighted by Crippen LogP contribution is -2.21. The molecule has 1 aromatic heterocycles. The van der Waals surface area contributed by atoms with Gasteiger partial charge in [0.05, 0.1) is 0 Å². The molecule has 0 bridgehead atoms. The van der Waals surface area contributed by atoms with Gasteiger partial charge in [0.25, 0.3) is 0 Å². The van der Waals surface area contributed by atoms with Crippen LogP contribution in [0.2, 0.25) is 0 Å². The van der Waals surface area contributed by atoms with E-state index in [-0.39, 0.29) is 5.56 Å². The number of pyridine rings is 1. The van der Waals surface area contributed by atoms with Crippen molar-refractivity contribution in [3.05, 3.63) is 101 Å². The van der Waals surface area contributed by atoms with E-state index in [2.05, 4.69) is 22.1 Å². The second kappa shape index (κ2) is 7.49. The summed E-state index contributed by atoms with van der Waals surface area (Å²) in [7, 11) is 0. The summed E-state index contributed by atoms with van der Waals surface area (Å²) in [5.74, 6) is 4.69. The first-order valence-electron chi connectivity index (χ1n) is 8.55. The Bertz CT molecular complexity index is 1090. The predicted molar refractivity (Wildman–Crippen MR) is 98.1 cm³/mol. The molecule has 4 nitrogen and oxygen atoms in total. The Kier molecular flexibility index (Phi) is 4.73. The van der Waals surface area contributed by atoms with E-state index in [4.69, 9.17) is 4.74 Å². The summed E-state index contributed by atoms with van der Waals surface area (Å²) in [6, 6.07) is 15.7. The summed E-state index contributed by atoms with van der Waals surface area (Å²) in [4.78, 5) is 15.6. The van der Waals surface area contributed by atoms with Crippen molar-refractivity contribution in [3.8, 4) is 11.8 Å². The fourth-order valence-electron chi connectivity index (χ4n) is 3.02. The first kappa shape index (κ1) is 17.7. The molecular weight excluding hydrogens is 362 g/mol. The van der Waals surface area contributed by atoms with E-state index >= 15 is 0 Å². The molecule has 1 amide bonds. The summed E-state index contributed by atoms with van der Waals surface area (Å²) >= 11 is 0. The van der Waals surface area contributed by atoms with E-state index in [1.807, 2.05) is 30.3 Å². The Morgan fingerprint density at radius 2 is 1.75 bits per heavy atom. The van der Waals surface area contributed by atoms with Crippen molar-refractivity contribution >= 4 is 6.09 Å². The molecule has 0 spiro atoms. The van der Waals surface area contributed by atoms with Crippen LogP contribution >= 0.6 is 0 Å². The SMILES string of the molecule is O=C1N[C@H](c2cc(C#Cc3ccccc3)cnc2F)[C@@H](c2cccc(F)c2)O1. The molecule has 1 saturated heterocycles. The van der Waals surface area contributed by atoms with E-state index in [0.717, 1.165) is 5.56 Å². The van der Waals surface area contributed by atoms with Gasteiger partial charge < -0.3 is 10.1 Å². The molecule has 0 radical (unpaired) electrons. The highest BCUT2D eigenvalue weighted by atomic mass is 19.1. The minimum atomic E-state index is -0.878. The van der Waals surface area contributed by atoms with Crippen molar-refractivity contribution in [2.45, 2.75) is 12.1 Å². The van der Waals surface area contributed by atoms with Crippen LogP contribution in [0, 0.1) is 23.6 Å². The third-order valence-corrected chi connectivity index (χ3v) is 4.31. The molecule has 3 aromatic rings. The highest BCUT2D eigenvalue weighted by Gasteiger charge is 2.38. The number of carbonyl (C=O) groups is 1. The number of benzene rings is 2. The van der Waals surface area contributed by atoms with Gasteiger partial charge in [-0.05, 0) is 35.9 Å². The summed E-state index contributed by atoms with van der Waals surface area (Å²) in [5, 5.41) is 2.57. The van der Waals surface area contributed by atoms with Crippen LogP contribution in [0.1, 0.15) is 34.4 Å². The predicted octanol–water partition coefficient (Wildman–Crippen LogP) is 4.28. The van der Waals surface area contributed by atoms with E-state index < -0.39 is 30.0 Å². The van der Waals surface area contributed by atoms with Crippen molar-refractivity contribution in [2.75, 3.05) is 0 Å². The largest absolute Gasteiger partial charge is 0.439 e. The maximum absolute atomic E-state index is 14.4. The number of hydrogen-bond donors (Lipinski definition) is 1. The van der Waals surface area contributed by atoms with Crippen LogP contribution in [0.15, 0.2) is 66.9 Å². The maximum atomic E-state index is 14.4. The Morgan fingerprint density at radius 3 is 2.54 bits per heavy atom.